The molecule has 0 aromatic carbocycles. The van der Waals surface area contributed by atoms with Crippen LogP contribution in [0.1, 0.15) is 64.2 Å². The quantitative estimate of drug-likeness (QED) is 0.593. The molecule has 2 aliphatic carbocycles. The molecule has 2 aliphatic rings. The highest BCUT2D eigenvalue weighted by Crippen LogP contribution is 2.24. The van der Waals surface area contributed by atoms with Crippen molar-refractivity contribution in [1.82, 2.24) is 5.43 Å². The first-order valence-corrected chi connectivity index (χ1v) is 7.19. The smallest absolute Gasteiger partial charge is 0.243 e. The van der Waals surface area contributed by atoms with Gasteiger partial charge in [-0.25, -0.2) is 5.43 Å². The van der Waals surface area contributed by atoms with Gasteiger partial charge in [-0.1, -0.05) is 38.5 Å². The van der Waals surface area contributed by atoms with E-state index in [1.165, 1.54) is 51.4 Å². The molecule has 2 fully saturated rings. The molecule has 0 heterocycles. The Balaban J connectivity index is 1.69. The van der Waals surface area contributed by atoms with Gasteiger partial charge in [0.2, 0.25) is 5.91 Å². The minimum absolute atomic E-state index is 0.136. The normalized spacial score (nSPS) is 24.0. The third kappa shape index (κ3) is 4.14. The van der Waals surface area contributed by atoms with E-state index in [9.17, 15) is 4.79 Å². The van der Waals surface area contributed by atoms with Crippen LogP contribution in [0.25, 0.3) is 0 Å². The van der Waals surface area contributed by atoms with Gasteiger partial charge in [0, 0.05) is 12.1 Å². The van der Waals surface area contributed by atoms with Crippen molar-refractivity contribution in [2.75, 3.05) is 0 Å². The summed E-state index contributed by atoms with van der Waals surface area (Å²) >= 11 is 0. The first-order valence-electron chi connectivity index (χ1n) is 7.19. The van der Waals surface area contributed by atoms with Gasteiger partial charge >= 0.3 is 0 Å². The molecule has 3 nitrogen and oxygen atoms in total. The molecule has 0 unspecified atom stereocenters. The summed E-state index contributed by atoms with van der Waals surface area (Å²) in [7, 11) is 0. The lowest BCUT2D eigenvalue weighted by Gasteiger charge is -2.20. The average molecular weight is 236 g/mol. The summed E-state index contributed by atoms with van der Waals surface area (Å²) < 4.78 is 0. The Morgan fingerprint density at radius 1 is 0.941 bits per heavy atom. The third-order valence-corrected chi connectivity index (χ3v) is 4.09. The Morgan fingerprint density at radius 2 is 1.53 bits per heavy atom. The van der Waals surface area contributed by atoms with E-state index in [1.54, 1.807) is 0 Å². The monoisotopic (exact) mass is 236 g/mol. The summed E-state index contributed by atoms with van der Waals surface area (Å²) in [5.74, 6) is 0.944. The Bertz CT molecular complexity index is 263. The Hall–Kier alpha value is -0.860. The van der Waals surface area contributed by atoms with Crippen molar-refractivity contribution in [3.8, 4) is 0 Å². The molecular weight excluding hydrogens is 212 g/mol. The SMILES string of the molecule is O=C(N/N=C/C1CCCCC1)C1CCCCC1. The number of nitrogens with one attached hydrogen (secondary N) is 1. The van der Waals surface area contributed by atoms with E-state index in [0.29, 0.717) is 5.92 Å². The van der Waals surface area contributed by atoms with Gasteiger partial charge in [-0.05, 0) is 31.6 Å². The van der Waals surface area contributed by atoms with Crippen molar-refractivity contribution >= 4 is 12.1 Å². The van der Waals surface area contributed by atoms with Crippen LogP contribution in [0.5, 0.6) is 0 Å². The van der Waals surface area contributed by atoms with Gasteiger partial charge in [-0.15, -0.1) is 0 Å². The van der Waals surface area contributed by atoms with Gasteiger partial charge in [0.05, 0.1) is 0 Å². The van der Waals surface area contributed by atoms with Gasteiger partial charge in [0.1, 0.15) is 0 Å². The molecular formula is C14H24N2O. The van der Waals surface area contributed by atoms with E-state index in [1.807, 2.05) is 6.21 Å². The highest BCUT2D eigenvalue weighted by atomic mass is 16.2. The number of hydrogen-bond donors (Lipinski definition) is 1. The van der Waals surface area contributed by atoms with Crippen molar-refractivity contribution in [3.05, 3.63) is 0 Å². The van der Waals surface area contributed by atoms with Gasteiger partial charge in [-0.2, -0.15) is 5.10 Å². The zero-order valence-corrected chi connectivity index (χ0v) is 10.7. The van der Waals surface area contributed by atoms with E-state index in [2.05, 4.69) is 10.5 Å². The van der Waals surface area contributed by atoms with E-state index in [0.717, 1.165) is 12.8 Å². The van der Waals surface area contributed by atoms with Crippen LogP contribution in [0, 0.1) is 11.8 Å². The molecule has 3 heteroatoms. The maximum atomic E-state index is 11.8. The number of nitrogens with zero attached hydrogens (tertiary/aromatic N) is 1. The molecule has 0 aromatic rings. The fourth-order valence-corrected chi connectivity index (χ4v) is 2.95. The second kappa shape index (κ2) is 6.77. The lowest BCUT2D eigenvalue weighted by molar-refractivity contribution is -0.125. The topological polar surface area (TPSA) is 41.5 Å². The Kier molecular flexibility index (Phi) is 5.02. The van der Waals surface area contributed by atoms with Crippen LogP contribution in [0.4, 0.5) is 0 Å². The highest BCUT2D eigenvalue weighted by Gasteiger charge is 2.20. The Labute approximate surface area is 104 Å². The molecule has 0 bridgehead atoms. The van der Waals surface area contributed by atoms with Crippen LogP contribution in [0.3, 0.4) is 0 Å². The average Bonchev–Trinajstić information content (AvgIpc) is 2.41. The van der Waals surface area contributed by atoms with Gasteiger partial charge < -0.3 is 0 Å². The van der Waals surface area contributed by atoms with E-state index in [-0.39, 0.29) is 11.8 Å². The Morgan fingerprint density at radius 3 is 2.18 bits per heavy atom. The van der Waals surface area contributed by atoms with E-state index >= 15 is 0 Å². The van der Waals surface area contributed by atoms with Crippen LogP contribution in [-0.2, 0) is 4.79 Å². The first-order chi connectivity index (χ1) is 8.36. The van der Waals surface area contributed by atoms with Crippen LogP contribution in [0.2, 0.25) is 0 Å². The van der Waals surface area contributed by atoms with Crippen molar-refractivity contribution in [2.45, 2.75) is 64.2 Å². The first kappa shape index (κ1) is 12.6. The number of carbonyl (C=O) groups excluding carboxylic acids is 1. The molecule has 17 heavy (non-hydrogen) atoms. The molecule has 0 atom stereocenters. The minimum Gasteiger partial charge on any atom is -0.273 e. The molecule has 0 spiro atoms. The number of amides is 1. The van der Waals surface area contributed by atoms with E-state index in [4.69, 9.17) is 0 Å². The molecule has 0 saturated heterocycles. The number of hydrogen-bond acceptors (Lipinski definition) is 2. The fourth-order valence-electron chi connectivity index (χ4n) is 2.95. The maximum absolute atomic E-state index is 11.8. The molecule has 2 saturated carbocycles. The maximum Gasteiger partial charge on any atom is 0.243 e. The highest BCUT2D eigenvalue weighted by molar-refractivity contribution is 5.79. The molecule has 2 rings (SSSR count). The molecule has 0 radical (unpaired) electrons. The lowest BCUT2D eigenvalue weighted by atomic mass is 9.89. The summed E-state index contributed by atoms with van der Waals surface area (Å²) in [5, 5.41) is 4.15. The van der Waals surface area contributed by atoms with Crippen molar-refractivity contribution < 1.29 is 4.79 Å². The number of carbonyl (C=O) groups is 1. The summed E-state index contributed by atoms with van der Waals surface area (Å²) in [6.45, 7) is 0. The van der Waals surface area contributed by atoms with Gasteiger partial charge in [-0.3, -0.25) is 4.79 Å². The summed E-state index contributed by atoms with van der Waals surface area (Å²) in [5.41, 5.74) is 2.73. The van der Waals surface area contributed by atoms with Crippen LogP contribution < -0.4 is 5.43 Å². The zero-order chi connectivity index (χ0) is 11.9. The number of hydrazone groups is 1. The van der Waals surface area contributed by atoms with Crippen molar-refractivity contribution in [3.63, 3.8) is 0 Å². The summed E-state index contributed by atoms with van der Waals surface area (Å²) in [6, 6.07) is 0. The molecule has 1 N–H and O–H groups in total. The lowest BCUT2D eigenvalue weighted by Crippen LogP contribution is -2.28. The minimum atomic E-state index is 0.136. The number of rotatable bonds is 3. The van der Waals surface area contributed by atoms with Crippen molar-refractivity contribution in [1.29, 1.82) is 0 Å². The van der Waals surface area contributed by atoms with Crippen molar-refractivity contribution in [2.24, 2.45) is 16.9 Å². The van der Waals surface area contributed by atoms with Crippen LogP contribution >= 0.6 is 0 Å². The zero-order valence-electron chi connectivity index (χ0n) is 10.7. The predicted molar refractivity (Wildman–Crippen MR) is 69.8 cm³/mol. The second-order valence-corrected chi connectivity index (χ2v) is 5.49. The van der Waals surface area contributed by atoms with Gasteiger partial charge in [0.25, 0.3) is 0 Å². The largest absolute Gasteiger partial charge is 0.273 e. The molecule has 0 aliphatic heterocycles. The molecule has 1 amide bonds. The standard InChI is InChI=1S/C14H24N2O/c17-14(13-9-5-2-6-10-13)16-15-11-12-7-3-1-4-8-12/h11-13H,1-10H2,(H,16,17)/b15-11+. The van der Waals surface area contributed by atoms with E-state index < -0.39 is 0 Å². The van der Waals surface area contributed by atoms with Crippen LogP contribution in [0.15, 0.2) is 5.10 Å². The summed E-state index contributed by atoms with van der Waals surface area (Å²) in [4.78, 5) is 11.8. The molecule has 96 valence electrons. The fraction of sp³-hybridized carbons (Fsp3) is 0.857. The second-order valence-electron chi connectivity index (χ2n) is 5.49. The van der Waals surface area contributed by atoms with Crippen LogP contribution in [-0.4, -0.2) is 12.1 Å². The predicted octanol–water partition coefficient (Wildman–Crippen LogP) is 3.25. The van der Waals surface area contributed by atoms with Gasteiger partial charge in [0.15, 0.2) is 0 Å². The summed E-state index contributed by atoms with van der Waals surface area (Å²) in [6.07, 6.45) is 14.2. The molecule has 0 aromatic heterocycles. The third-order valence-electron chi connectivity index (χ3n) is 4.09.